The van der Waals surface area contributed by atoms with E-state index in [1.807, 2.05) is 12.1 Å². The molecule has 0 aliphatic carbocycles. The quantitative estimate of drug-likeness (QED) is 0.544. The van der Waals surface area contributed by atoms with E-state index in [4.69, 9.17) is 23.2 Å². The molecule has 1 N–H and O–H groups in total. The second-order valence-corrected chi connectivity index (χ2v) is 7.07. The maximum atomic E-state index is 12.9. The molecular weight excluding hydrogens is 397 g/mol. The van der Waals surface area contributed by atoms with Gasteiger partial charge in [-0.1, -0.05) is 29.3 Å². The number of nitrogens with one attached hydrogen (secondary N) is 1. The molecule has 0 atom stereocenters. The number of aryl methyl sites for hydroxylation is 1. The van der Waals surface area contributed by atoms with Crippen molar-refractivity contribution in [2.24, 2.45) is 7.05 Å². The molecule has 0 aliphatic rings. The molecule has 0 saturated carbocycles. The third-order valence-electron chi connectivity index (χ3n) is 4.33. The van der Waals surface area contributed by atoms with Gasteiger partial charge in [-0.05, 0) is 35.9 Å². The van der Waals surface area contributed by atoms with Crippen LogP contribution >= 0.6 is 23.2 Å². The van der Waals surface area contributed by atoms with Crippen LogP contribution in [0.2, 0.25) is 10.0 Å². The SMILES string of the molecule is Cn1ncc2c(C(=O)NCc3cccnc3)cc(-c3ccc(Cl)cc3Cl)nc21. The summed E-state index contributed by atoms with van der Waals surface area (Å²) in [7, 11) is 1.78. The van der Waals surface area contributed by atoms with Crippen molar-refractivity contribution in [1.29, 1.82) is 0 Å². The molecule has 0 bridgehead atoms. The van der Waals surface area contributed by atoms with Gasteiger partial charge in [-0.3, -0.25) is 14.5 Å². The zero-order valence-electron chi connectivity index (χ0n) is 14.9. The van der Waals surface area contributed by atoms with E-state index in [0.29, 0.717) is 44.4 Å². The molecule has 0 fully saturated rings. The van der Waals surface area contributed by atoms with Crippen LogP contribution in [0.4, 0.5) is 0 Å². The lowest BCUT2D eigenvalue weighted by Crippen LogP contribution is -2.23. The van der Waals surface area contributed by atoms with Crippen molar-refractivity contribution in [3.63, 3.8) is 0 Å². The molecule has 8 heteroatoms. The number of pyridine rings is 2. The Bertz CT molecular complexity index is 1170. The Kier molecular flexibility index (Phi) is 4.98. The van der Waals surface area contributed by atoms with E-state index >= 15 is 0 Å². The molecular formula is C20H15Cl2N5O. The van der Waals surface area contributed by atoms with Gasteiger partial charge in [0.15, 0.2) is 5.65 Å². The van der Waals surface area contributed by atoms with E-state index in [-0.39, 0.29) is 5.91 Å². The number of nitrogens with zero attached hydrogens (tertiary/aromatic N) is 4. The summed E-state index contributed by atoms with van der Waals surface area (Å²) in [6.45, 7) is 0.369. The summed E-state index contributed by atoms with van der Waals surface area (Å²) < 4.78 is 1.63. The van der Waals surface area contributed by atoms with E-state index in [1.54, 1.807) is 54.6 Å². The largest absolute Gasteiger partial charge is 0.348 e. The molecule has 0 aliphatic heterocycles. The Morgan fingerprint density at radius 1 is 1.18 bits per heavy atom. The molecule has 6 nitrogen and oxygen atoms in total. The first kappa shape index (κ1) is 18.4. The number of fused-ring (bicyclic) bond motifs is 1. The topological polar surface area (TPSA) is 72.7 Å². The lowest BCUT2D eigenvalue weighted by Gasteiger charge is -2.10. The van der Waals surface area contributed by atoms with Crippen molar-refractivity contribution in [3.8, 4) is 11.3 Å². The standard InChI is InChI=1S/C20H15Cl2N5O/c1-27-19-16(11-25-27)15(20(28)24-10-12-3-2-6-23-9-12)8-18(26-19)14-5-4-13(21)7-17(14)22/h2-9,11H,10H2,1H3,(H,24,28). The fourth-order valence-corrected chi connectivity index (χ4v) is 3.42. The highest BCUT2D eigenvalue weighted by atomic mass is 35.5. The first-order valence-electron chi connectivity index (χ1n) is 8.48. The molecule has 1 aromatic carbocycles. The predicted molar refractivity (Wildman–Crippen MR) is 109 cm³/mol. The normalized spacial score (nSPS) is 11.0. The lowest BCUT2D eigenvalue weighted by atomic mass is 10.1. The Morgan fingerprint density at radius 2 is 2.04 bits per heavy atom. The summed E-state index contributed by atoms with van der Waals surface area (Å²) in [5.74, 6) is -0.226. The van der Waals surface area contributed by atoms with Crippen molar-refractivity contribution in [1.82, 2.24) is 25.1 Å². The zero-order chi connectivity index (χ0) is 19.7. The number of carbonyl (C=O) groups excluding carboxylic acids is 1. The van der Waals surface area contributed by atoms with Crippen LogP contribution < -0.4 is 5.32 Å². The van der Waals surface area contributed by atoms with Gasteiger partial charge in [0, 0.05) is 36.6 Å². The van der Waals surface area contributed by atoms with Crippen molar-refractivity contribution in [2.45, 2.75) is 6.54 Å². The van der Waals surface area contributed by atoms with E-state index in [9.17, 15) is 4.79 Å². The number of hydrogen-bond donors (Lipinski definition) is 1. The number of benzene rings is 1. The molecule has 0 radical (unpaired) electrons. The van der Waals surface area contributed by atoms with Crippen LogP contribution in [0.3, 0.4) is 0 Å². The van der Waals surface area contributed by atoms with E-state index in [2.05, 4.69) is 20.4 Å². The lowest BCUT2D eigenvalue weighted by molar-refractivity contribution is 0.0952. The van der Waals surface area contributed by atoms with E-state index < -0.39 is 0 Å². The molecule has 0 saturated heterocycles. The fraction of sp³-hybridized carbons (Fsp3) is 0.100. The highest BCUT2D eigenvalue weighted by molar-refractivity contribution is 6.36. The smallest absolute Gasteiger partial charge is 0.252 e. The van der Waals surface area contributed by atoms with Crippen LogP contribution in [0, 0.1) is 0 Å². The molecule has 4 aromatic rings. The Hall–Kier alpha value is -2.96. The van der Waals surface area contributed by atoms with Crippen LogP contribution in [-0.4, -0.2) is 25.7 Å². The minimum absolute atomic E-state index is 0.226. The highest BCUT2D eigenvalue weighted by Crippen LogP contribution is 2.31. The summed E-state index contributed by atoms with van der Waals surface area (Å²) in [6.07, 6.45) is 5.04. The fourth-order valence-electron chi connectivity index (χ4n) is 2.92. The second kappa shape index (κ2) is 7.58. The molecule has 140 valence electrons. The van der Waals surface area contributed by atoms with Gasteiger partial charge >= 0.3 is 0 Å². The number of carbonyl (C=O) groups is 1. The molecule has 28 heavy (non-hydrogen) atoms. The summed E-state index contributed by atoms with van der Waals surface area (Å²) in [4.78, 5) is 21.6. The first-order valence-corrected chi connectivity index (χ1v) is 9.24. The van der Waals surface area contributed by atoms with Crippen LogP contribution in [0.25, 0.3) is 22.3 Å². The number of rotatable bonds is 4. The van der Waals surface area contributed by atoms with Crippen molar-refractivity contribution in [2.75, 3.05) is 0 Å². The first-order chi connectivity index (χ1) is 13.5. The van der Waals surface area contributed by atoms with Crippen molar-refractivity contribution < 1.29 is 4.79 Å². The molecule has 0 unspecified atom stereocenters. The van der Waals surface area contributed by atoms with Crippen LogP contribution in [-0.2, 0) is 13.6 Å². The maximum absolute atomic E-state index is 12.9. The molecule has 4 rings (SSSR count). The van der Waals surface area contributed by atoms with Crippen molar-refractivity contribution >= 4 is 40.1 Å². The van der Waals surface area contributed by atoms with E-state index in [0.717, 1.165) is 5.56 Å². The van der Waals surface area contributed by atoms with Crippen LogP contribution in [0.5, 0.6) is 0 Å². The predicted octanol–water partition coefficient (Wildman–Crippen LogP) is 4.27. The number of amides is 1. The van der Waals surface area contributed by atoms with Gasteiger partial charge in [-0.2, -0.15) is 5.10 Å². The molecule has 3 aromatic heterocycles. The van der Waals surface area contributed by atoms with Gasteiger partial charge in [-0.25, -0.2) is 4.98 Å². The maximum Gasteiger partial charge on any atom is 0.252 e. The Morgan fingerprint density at radius 3 is 2.79 bits per heavy atom. The summed E-state index contributed by atoms with van der Waals surface area (Å²) in [5.41, 5.74) is 3.24. The number of hydrogen-bond acceptors (Lipinski definition) is 4. The van der Waals surface area contributed by atoms with Gasteiger partial charge in [0.05, 0.1) is 27.9 Å². The molecule has 1 amide bonds. The van der Waals surface area contributed by atoms with Gasteiger partial charge in [0.25, 0.3) is 5.91 Å². The zero-order valence-corrected chi connectivity index (χ0v) is 16.4. The van der Waals surface area contributed by atoms with Gasteiger partial charge < -0.3 is 5.32 Å². The summed E-state index contributed by atoms with van der Waals surface area (Å²) in [5, 5.41) is 8.82. The Labute approximate surface area is 171 Å². The van der Waals surface area contributed by atoms with Gasteiger partial charge in [0.2, 0.25) is 0 Å². The third-order valence-corrected chi connectivity index (χ3v) is 4.88. The average Bonchev–Trinajstić information content (AvgIpc) is 3.07. The summed E-state index contributed by atoms with van der Waals surface area (Å²) in [6, 6.07) is 10.6. The van der Waals surface area contributed by atoms with Crippen molar-refractivity contribution in [3.05, 3.63) is 76.2 Å². The van der Waals surface area contributed by atoms with Crippen LogP contribution in [0.15, 0.2) is 55.0 Å². The summed E-state index contributed by atoms with van der Waals surface area (Å²) >= 11 is 12.3. The average molecular weight is 412 g/mol. The highest BCUT2D eigenvalue weighted by Gasteiger charge is 2.18. The van der Waals surface area contributed by atoms with Gasteiger partial charge in [0.1, 0.15) is 0 Å². The van der Waals surface area contributed by atoms with Gasteiger partial charge in [-0.15, -0.1) is 0 Å². The second-order valence-electron chi connectivity index (χ2n) is 6.23. The molecule has 0 spiro atoms. The Balaban J connectivity index is 1.75. The number of halogens is 2. The number of aromatic nitrogens is 4. The minimum atomic E-state index is -0.226. The van der Waals surface area contributed by atoms with Crippen LogP contribution in [0.1, 0.15) is 15.9 Å². The molecule has 3 heterocycles. The third kappa shape index (κ3) is 3.56. The minimum Gasteiger partial charge on any atom is -0.348 e. The van der Waals surface area contributed by atoms with E-state index in [1.165, 1.54) is 0 Å². The monoisotopic (exact) mass is 411 g/mol.